The van der Waals surface area contributed by atoms with E-state index < -0.39 is 6.10 Å². The fourth-order valence-corrected chi connectivity index (χ4v) is 4.02. The smallest absolute Gasteiger partial charge is 0.0891 e. The van der Waals surface area contributed by atoms with Gasteiger partial charge in [-0.25, -0.2) is 0 Å². The molecule has 4 aromatic rings. The summed E-state index contributed by atoms with van der Waals surface area (Å²) in [6, 6.07) is 17.9. The Kier molecular flexibility index (Phi) is 5.24. The maximum atomic E-state index is 10.7. The first-order valence-corrected chi connectivity index (χ1v) is 10.0. The molecule has 1 aromatic heterocycles. The van der Waals surface area contributed by atoms with Gasteiger partial charge in [0.15, 0.2) is 0 Å². The van der Waals surface area contributed by atoms with Gasteiger partial charge in [-0.05, 0) is 67.4 Å². The lowest BCUT2D eigenvalue weighted by Gasteiger charge is -2.17. The summed E-state index contributed by atoms with van der Waals surface area (Å²) >= 11 is 12.4. The third kappa shape index (κ3) is 3.70. The molecule has 2 N–H and O–H groups in total. The second kappa shape index (κ2) is 7.67. The van der Waals surface area contributed by atoms with Gasteiger partial charge in [0.1, 0.15) is 0 Å². The molecule has 0 aliphatic rings. The van der Waals surface area contributed by atoms with Gasteiger partial charge in [-0.15, -0.1) is 0 Å². The topological polar surface area (TPSA) is 37.2 Å². The normalized spacial score (nSPS) is 12.6. The van der Waals surface area contributed by atoms with Crippen molar-refractivity contribution in [1.29, 1.82) is 0 Å². The van der Waals surface area contributed by atoms with Crippen LogP contribution in [0.15, 0.2) is 54.6 Å². The Morgan fingerprint density at radius 2 is 1.50 bits per heavy atom. The SMILES string of the molecule is Cc1ccc(C)c(NC[C@H](O)Cn2c3ccc(Cl)cc3c3cc(Cl)ccc32)c1. The van der Waals surface area contributed by atoms with Gasteiger partial charge >= 0.3 is 0 Å². The van der Waals surface area contributed by atoms with Crippen molar-refractivity contribution in [2.75, 3.05) is 11.9 Å². The van der Waals surface area contributed by atoms with Crippen LogP contribution in [-0.2, 0) is 6.54 Å². The van der Waals surface area contributed by atoms with E-state index in [0.29, 0.717) is 23.1 Å². The maximum Gasteiger partial charge on any atom is 0.0891 e. The van der Waals surface area contributed by atoms with Crippen molar-refractivity contribution in [2.45, 2.75) is 26.5 Å². The number of nitrogens with zero attached hydrogens (tertiary/aromatic N) is 1. The summed E-state index contributed by atoms with van der Waals surface area (Å²) in [5.74, 6) is 0. The number of benzene rings is 3. The van der Waals surface area contributed by atoms with E-state index in [1.165, 1.54) is 11.1 Å². The van der Waals surface area contributed by atoms with Crippen molar-refractivity contribution in [2.24, 2.45) is 0 Å². The molecule has 1 atom stereocenters. The molecule has 144 valence electrons. The number of aliphatic hydroxyl groups excluding tert-OH is 1. The molecule has 0 saturated carbocycles. The van der Waals surface area contributed by atoms with Gasteiger partial charge in [0, 0.05) is 44.1 Å². The molecule has 0 saturated heterocycles. The second-order valence-electron chi connectivity index (χ2n) is 7.29. The van der Waals surface area contributed by atoms with Crippen LogP contribution in [0.5, 0.6) is 0 Å². The van der Waals surface area contributed by atoms with Crippen LogP contribution in [0, 0.1) is 13.8 Å². The number of aliphatic hydroxyl groups is 1. The molecule has 4 rings (SSSR count). The lowest BCUT2D eigenvalue weighted by atomic mass is 10.1. The number of aromatic nitrogens is 1. The number of halogens is 2. The summed E-state index contributed by atoms with van der Waals surface area (Å²) in [5.41, 5.74) is 5.48. The Bertz CT molecular complexity index is 1110. The Morgan fingerprint density at radius 1 is 0.893 bits per heavy atom. The molecule has 0 fully saturated rings. The molecule has 0 spiro atoms. The van der Waals surface area contributed by atoms with Gasteiger partial charge in [0.05, 0.1) is 12.6 Å². The van der Waals surface area contributed by atoms with Crippen LogP contribution >= 0.6 is 23.2 Å². The molecular formula is C23H22Cl2N2O. The van der Waals surface area contributed by atoms with Crippen LogP contribution in [0.3, 0.4) is 0 Å². The van der Waals surface area contributed by atoms with Gasteiger partial charge in [-0.3, -0.25) is 0 Å². The largest absolute Gasteiger partial charge is 0.389 e. The number of rotatable bonds is 5. The summed E-state index contributed by atoms with van der Waals surface area (Å²) in [6.07, 6.45) is -0.551. The number of hydrogen-bond acceptors (Lipinski definition) is 2. The van der Waals surface area contributed by atoms with E-state index in [-0.39, 0.29) is 0 Å². The van der Waals surface area contributed by atoms with Crippen molar-refractivity contribution < 1.29 is 5.11 Å². The zero-order chi connectivity index (χ0) is 19.8. The van der Waals surface area contributed by atoms with Gasteiger partial charge in [0.2, 0.25) is 0 Å². The quantitative estimate of drug-likeness (QED) is 0.409. The number of hydrogen-bond donors (Lipinski definition) is 2. The second-order valence-corrected chi connectivity index (χ2v) is 8.16. The molecule has 1 heterocycles. The molecule has 0 amide bonds. The average Bonchev–Trinajstić information content (AvgIpc) is 2.95. The fourth-order valence-electron chi connectivity index (χ4n) is 3.67. The summed E-state index contributed by atoms with van der Waals surface area (Å²) in [4.78, 5) is 0. The lowest BCUT2D eigenvalue weighted by molar-refractivity contribution is 0.169. The highest BCUT2D eigenvalue weighted by atomic mass is 35.5. The minimum atomic E-state index is -0.551. The Morgan fingerprint density at radius 3 is 2.11 bits per heavy atom. The Hall–Kier alpha value is -2.20. The zero-order valence-electron chi connectivity index (χ0n) is 15.8. The van der Waals surface area contributed by atoms with E-state index in [4.69, 9.17) is 23.2 Å². The molecule has 0 unspecified atom stereocenters. The lowest BCUT2D eigenvalue weighted by Crippen LogP contribution is -2.25. The third-order valence-corrected chi connectivity index (χ3v) is 5.57. The molecule has 28 heavy (non-hydrogen) atoms. The zero-order valence-corrected chi connectivity index (χ0v) is 17.3. The highest BCUT2D eigenvalue weighted by molar-refractivity contribution is 6.33. The molecule has 3 nitrogen and oxygen atoms in total. The number of aryl methyl sites for hydroxylation is 2. The van der Waals surface area contributed by atoms with Crippen molar-refractivity contribution in [3.63, 3.8) is 0 Å². The first kappa shape index (κ1) is 19.1. The van der Waals surface area contributed by atoms with Crippen LogP contribution in [0.1, 0.15) is 11.1 Å². The summed E-state index contributed by atoms with van der Waals surface area (Å²) < 4.78 is 2.13. The van der Waals surface area contributed by atoms with E-state index in [0.717, 1.165) is 27.5 Å². The van der Waals surface area contributed by atoms with Gasteiger partial charge in [-0.1, -0.05) is 35.3 Å². The van der Waals surface area contributed by atoms with Crippen molar-refractivity contribution in [3.05, 3.63) is 75.8 Å². The molecule has 0 bridgehead atoms. The van der Waals surface area contributed by atoms with Gasteiger partial charge in [0.25, 0.3) is 0 Å². The van der Waals surface area contributed by atoms with Crippen molar-refractivity contribution >= 4 is 50.7 Å². The molecule has 0 radical (unpaired) electrons. The highest BCUT2D eigenvalue weighted by Gasteiger charge is 2.15. The van der Waals surface area contributed by atoms with E-state index in [2.05, 4.69) is 41.9 Å². The number of anilines is 1. The van der Waals surface area contributed by atoms with E-state index >= 15 is 0 Å². The van der Waals surface area contributed by atoms with E-state index in [1.807, 2.05) is 36.4 Å². The molecular weight excluding hydrogens is 391 g/mol. The maximum absolute atomic E-state index is 10.7. The first-order chi connectivity index (χ1) is 13.4. The standard InChI is InChI=1S/C23H22Cl2N2O/c1-14-3-4-15(2)21(9-14)26-12-18(28)13-27-22-7-5-16(24)10-19(22)20-11-17(25)6-8-23(20)27/h3-11,18,26,28H,12-13H2,1-2H3/t18-/m0/s1. The van der Waals surface area contributed by atoms with Crippen molar-refractivity contribution in [3.8, 4) is 0 Å². The number of fused-ring (bicyclic) bond motifs is 3. The van der Waals surface area contributed by atoms with E-state index in [9.17, 15) is 5.11 Å². The minimum absolute atomic E-state index is 0.465. The molecule has 3 aromatic carbocycles. The average molecular weight is 413 g/mol. The van der Waals surface area contributed by atoms with Crippen LogP contribution in [0.2, 0.25) is 10.0 Å². The minimum Gasteiger partial charge on any atom is -0.389 e. The summed E-state index contributed by atoms with van der Waals surface area (Å²) in [6.45, 7) is 5.07. The first-order valence-electron chi connectivity index (χ1n) is 9.28. The van der Waals surface area contributed by atoms with Crippen molar-refractivity contribution in [1.82, 2.24) is 4.57 Å². The molecule has 0 aliphatic heterocycles. The van der Waals surface area contributed by atoms with E-state index in [1.54, 1.807) is 0 Å². The van der Waals surface area contributed by atoms with Crippen LogP contribution in [0.25, 0.3) is 21.8 Å². The molecule has 5 heteroatoms. The predicted molar refractivity (Wildman–Crippen MR) is 120 cm³/mol. The predicted octanol–water partition coefficient (Wildman–Crippen LogP) is 6.19. The summed E-state index contributed by atoms with van der Waals surface area (Å²) in [7, 11) is 0. The third-order valence-electron chi connectivity index (χ3n) is 5.10. The van der Waals surface area contributed by atoms with Crippen LogP contribution in [-0.4, -0.2) is 22.3 Å². The van der Waals surface area contributed by atoms with Gasteiger partial charge in [-0.2, -0.15) is 0 Å². The fraction of sp³-hybridized carbons (Fsp3) is 0.217. The Labute approximate surface area is 174 Å². The summed E-state index contributed by atoms with van der Waals surface area (Å²) in [5, 5.41) is 17.6. The Balaban J connectivity index is 1.64. The van der Waals surface area contributed by atoms with Crippen LogP contribution in [0.4, 0.5) is 5.69 Å². The number of nitrogens with one attached hydrogen (secondary N) is 1. The highest BCUT2D eigenvalue weighted by Crippen LogP contribution is 2.33. The monoisotopic (exact) mass is 412 g/mol. The molecule has 0 aliphatic carbocycles. The van der Waals surface area contributed by atoms with Crippen LogP contribution < -0.4 is 5.32 Å². The van der Waals surface area contributed by atoms with Gasteiger partial charge < -0.3 is 15.0 Å².